The average molecular weight is 326 g/mol. The van der Waals surface area contributed by atoms with Gasteiger partial charge in [0.05, 0.1) is 17.3 Å². The quantitative estimate of drug-likeness (QED) is 0.484. The number of hydrogen-bond donors (Lipinski definition) is 0. The summed E-state index contributed by atoms with van der Waals surface area (Å²) in [5.74, 6) is 0.501. The van der Waals surface area contributed by atoms with Gasteiger partial charge in [-0.1, -0.05) is 19.9 Å². The monoisotopic (exact) mass is 326 g/mol. The zero-order valence-corrected chi connectivity index (χ0v) is 14.3. The van der Waals surface area contributed by atoms with Crippen molar-refractivity contribution in [2.45, 2.75) is 20.3 Å². The maximum absolute atomic E-state index is 9.32. The summed E-state index contributed by atoms with van der Waals surface area (Å²) in [6, 6.07) is 18.1. The lowest BCUT2D eigenvalue weighted by molar-refractivity contribution is 0.647. The molecule has 0 saturated heterocycles. The van der Waals surface area contributed by atoms with Crippen molar-refractivity contribution in [3.63, 3.8) is 0 Å². The molecule has 0 fully saturated rings. The molecule has 0 radical (unpaired) electrons. The standard InChI is InChI=1S/C22H18N2O/c1-14(2)9-17-10-15(13-23)11-21-22(17)18-12-16(6-7-20(18)25-21)19-5-3-4-8-24-19/h3-8,10-12,14H,9H2,1-2H3. The summed E-state index contributed by atoms with van der Waals surface area (Å²) >= 11 is 0. The van der Waals surface area contributed by atoms with Crippen molar-refractivity contribution in [1.82, 2.24) is 4.98 Å². The van der Waals surface area contributed by atoms with E-state index in [-0.39, 0.29) is 0 Å². The zero-order valence-electron chi connectivity index (χ0n) is 14.3. The molecular formula is C22H18N2O. The maximum Gasteiger partial charge on any atom is 0.137 e. The molecule has 3 nitrogen and oxygen atoms in total. The Bertz CT molecular complexity index is 1100. The first-order valence-electron chi connectivity index (χ1n) is 8.46. The van der Waals surface area contributed by atoms with E-state index in [4.69, 9.17) is 4.42 Å². The van der Waals surface area contributed by atoms with Gasteiger partial charge < -0.3 is 4.42 Å². The molecule has 0 bridgehead atoms. The lowest BCUT2D eigenvalue weighted by Gasteiger charge is -2.07. The van der Waals surface area contributed by atoms with Gasteiger partial charge in [0, 0.05) is 22.5 Å². The summed E-state index contributed by atoms with van der Waals surface area (Å²) in [7, 11) is 0. The van der Waals surface area contributed by atoms with E-state index in [9.17, 15) is 5.26 Å². The van der Waals surface area contributed by atoms with Crippen LogP contribution in [0.2, 0.25) is 0 Å². The van der Waals surface area contributed by atoms with Crippen LogP contribution in [0.4, 0.5) is 0 Å². The molecule has 0 unspecified atom stereocenters. The van der Waals surface area contributed by atoms with Gasteiger partial charge in [0.25, 0.3) is 0 Å². The Morgan fingerprint density at radius 1 is 1.08 bits per heavy atom. The Hall–Kier alpha value is -3.12. The highest BCUT2D eigenvalue weighted by atomic mass is 16.3. The normalized spacial score (nSPS) is 11.3. The van der Waals surface area contributed by atoms with E-state index in [2.05, 4.69) is 31.0 Å². The summed E-state index contributed by atoms with van der Waals surface area (Å²) in [5.41, 5.74) is 5.44. The Balaban J connectivity index is 2.01. The van der Waals surface area contributed by atoms with Crippen molar-refractivity contribution >= 4 is 21.9 Å². The minimum Gasteiger partial charge on any atom is -0.456 e. The molecule has 2 aromatic carbocycles. The van der Waals surface area contributed by atoms with Gasteiger partial charge >= 0.3 is 0 Å². The summed E-state index contributed by atoms with van der Waals surface area (Å²) in [5, 5.41) is 11.5. The van der Waals surface area contributed by atoms with Crippen molar-refractivity contribution in [3.05, 3.63) is 65.9 Å². The van der Waals surface area contributed by atoms with Crippen molar-refractivity contribution in [1.29, 1.82) is 5.26 Å². The number of furan rings is 1. The third kappa shape index (κ3) is 2.77. The first-order chi connectivity index (χ1) is 12.2. The smallest absolute Gasteiger partial charge is 0.137 e. The van der Waals surface area contributed by atoms with Crippen LogP contribution >= 0.6 is 0 Å². The van der Waals surface area contributed by atoms with E-state index in [1.54, 1.807) is 6.20 Å². The molecule has 0 amide bonds. The Morgan fingerprint density at radius 3 is 2.68 bits per heavy atom. The van der Waals surface area contributed by atoms with Crippen LogP contribution in [0.15, 0.2) is 59.1 Å². The molecule has 3 heteroatoms. The van der Waals surface area contributed by atoms with Crippen LogP contribution in [0.5, 0.6) is 0 Å². The topological polar surface area (TPSA) is 49.8 Å². The number of pyridine rings is 1. The first kappa shape index (κ1) is 15.4. The van der Waals surface area contributed by atoms with Crippen molar-refractivity contribution in [2.75, 3.05) is 0 Å². The molecule has 2 aromatic heterocycles. The van der Waals surface area contributed by atoms with Crippen molar-refractivity contribution < 1.29 is 4.42 Å². The van der Waals surface area contributed by atoms with Crippen molar-refractivity contribution in [3.8, 4) is 17.3 Å². The van der Waals surface area contributed by atoms with Crippen LogP contribution in [-0.2, 0) is 6.42 Å². The van der Waals surface area contributed by atoms with Gasteiger partial charge in [-0.3, -0.25) is 4.98 Å². The maximum atomic E-state index is 9.32. The minimum absolute atomic E-state index is 0.501. The molecule has 0 aliphatic carbocycles. The number of nitriles is 1. The fourth-order valence-corrected chi connectivity index (χ4v) is 3.35. The molecule has 0 aliphatic heterocycles. The molecule has 25 heavy (non-hydrogen) atoms. The summed E-state index contributed by atoms with van der Waals surface area (Å²) in [4.78, 5) is 4.44. The van der Waals surface area contributed by atoms with E-state index in [1.807, 2.05) is 42.5 Å². The van der Waals surface area contributed by atoms with E-state index in [1.165, 1.54) is 5.56 Å². The van der Waals surface area contributed by atoms with Gasteiger partial charge in [-0.25, -0.2) is 0 Å². The number of aromatic nitrogens is 1. The summed E-state index contributed by atoms with van der Waals surface area (Å²) < 4.78 is 6.04. The van der Waals surface area contributed by atoms with Crippen LogP contribution in [0, 0.1) is 17.2 Å². The van der Waals surface area contributed by atoms with Gasteiger partial charge in [-0.05, 0) is 60.4 Å². The molecule has 0 spiro atoms. The van der Waals surface area contributed by atoms with Crippen LogP contribution < -0.4 is 0 Å². The number of hydrogen-bond acceptors (Lipinski definition) is 3. The predicted octanol–water partition coefficient (Wildman–Crippen LogP) is 5.72. The number of nitrogens with zero attached hydrogens (tertiary/aromatic N) is 2. The molecule has 122 valence electrons. The van der Waals surface area contributed by atoms with Gasteiger partial charge in [-0.15, -0.1) is 0 Å². The van der Waals surface area contributed by atoms with E-state index < -0.39 is 0 Å². The van der Waals surface area contributed by atoms with Crippen LogP contribution in [-0.4, -0.2) is 4.98 Å². The third-order valence-corrected chi connectivity index (χ3v) is 4.37. The van der Waals surface area contributed by atoms with Crippen LogP contribution in [0.3, 0.4) is 0 Å². The highest BCUT2D eigenvalue weighted by Gasteiger charge is 2.15. The van der Waals surface area contributed by atoms with E-state index in [0.717, 1.165) is 39.6 Å². The van der Waals surface area contributed by atoms with Crippen LogP contribution in [0.1, 0.15) is 25.0 Å². The second-order valence-electron chi connectivity index (χ2n) is 6.75. The van der Waals surface area contributed by atoms with Crippen LogP contribution in [0.25, 0.3) is 33.2 Å². The van der Waals surface area contributed by atoms with Gasteiger partial charge in [0.2, 0.25) is 0 Å². The average Bonchev–Trinajstić information content (AvgIpc) is 2.99. The Kier molecular flexibility index (Phi) is 3.74. The number of benzene rings is 2. The third-order valence-electron chi connectivity index (χ3n) is 4.37. The molecule has 4 aromatic rings. The zero-order chi connectivity index (χ0) is 17.4. The summed E-state index contributed by atoms with van der Waals surface area (Å²) in [6.07, 6.45) is 2.71. The molecule has 0 aliphatic rings. The second-order valence-corrected chi connectivity index (χ2v) is 6.75. The largest absolute Gasteiger partial charge is 0.456 e. The molecule has 2 heterocycles. The SMILES string of the molecule is CC(C)Cc1cc(C#N)cc2oc3ccc(-c4ccccn4)cc3c12. The fourth-order valence-electron chi connectivity index (χ4n) is 3.35. The molecule has 0 atom stereocenters. The Morgan fingerprint density at radius 2 is 1.96 bits per heavy atom. The molecular weight excluding hydrogens is 308 g/mol. The minimum atomic E-state index is 0.501. The highest BCUT2D eigenvalue weighted by molar-refractivity contribution is 6.08. The predicted molar refractivity (Wildman–Crippen MR) is 100 cm³/mol. The molecule has 0 N–H and O–H groups in total. The highest BCUT2D eigenvalue weighted by Crippen LogP contribution is 2.35. The lowest BCUT2D eigenvalue weighted by Crippen LogP contribution is -1.95. The first-order valence-corrected chi connectivity index (χ1v) is 8.46. The van der Waals surface area contributed by atoms with E-state index in [0.29, 0.717) is 11.5 Å². The molecule has 0 saturated carbocycles. The molecule has 4 rings (SSSR count). The van der Waals surface area contributed by atoms with Gasteiger partial charge in [0.15, 0.2) is 0 Å². The number of rotatable bonds is 3. The summed E-state index contributed by atoms with van der Waals surface area (Å²) in [6.45, 7) is 4.37. The number of fused-ring (bicyclic) bond motifs is 3. The second kappa shape index (κ2) is 6.07. The van der Waals surface area contributed by atoms with Gasteiger partial charge in [0.1, 0.15) is 11.2 Å². The van der Waals surface area contributed by atoms with E-state index >= 15 is 0 Å². The fraction of sp³-hybridized carbons (Fsp3) is 0.182. The van der Waals surface area contributed by atoms with Crippen molar-refractivity contribution in [2.24, 2.45) is 5.92 Å². The lowest BCUT2D eigenvalue weighted by atomic mass is 9.95. The van der Waals surface area contributed by atoms with Gasteiger partial charge in [-0.2, -0.15) is 5.26 Å². The Labute approximate surface area is 146 Å².